The summed E-state index contributed by atoms with van der Waals surface area (Å²) in [6, 6.07) is 8.30. The van der Waals surface area contributed by atoms with Gasteiger partial charge in [-0.3, -0.25) is 0 Å². The van der Waals surface area contributed by atoms with Crippen LogP contribution in [0.15, 0.2) is 18.2 Å². The lowest BCUT2D eigenvalue weighted by atomic mass is 10.0. The summed E-state index contributed by atoms with van der Waals surface area (Å²) in [5, 5.41) is 8.58. The molecule has 0 fully saturated rings. The first-order chi connectivity index (χ1) is 6.31. The van der Waals surface area contributed by atoms with Gasteiger partial charge in [-0.1, -0.05) is 25.1 Å². The second-order valence-electron chi connectivity index (χ2n) is 3.00. The molecule has 0 saturated heterocycles. The van der Waals surface area contributed by atoms with Crippen LogP contribution in [0.4, 0.5) is 0 Å². The summed E-state index contributed by atoms with van der Waals surface area (Å²) in [7, 11) is 0. The number of nitrogens with two attached hydrogens (primary N) is 1. The second-order valence-corrected chi connectivity index (χ2v) is 3.00. The molecule has 2 nitrogen and oxygen atoms in total. The number of nitriles is 1. The van der Waals surface area contributed by atoms with Crippen LogP contribution in [0.1, 0.15) is 23.6 Å². The molecule has 0 atom stereocenters. The minimum atomic E-state index is 0.455. The highest BCUT2D eigenvalue weighted by atomic mass is 14.5. The molecule has 0 aromatic heterocycles. The van der Waals surface area contributed by atoms with Crippen LogP contribution in [0.3, 0.4) is 0 Å². The van der Waals surface area contributed by atoms with Gasteiger partial charge in [0.25, 0.3) is 0 Å². The highest BCUT2D eigenvalue weighted by Gasteiger charge is 2.00. The van der Waals surface area contributed by atoms with Crippen molar-refractivity contribution in [3.8, 4) is 6.07 Å². The number of hydrogen-bond donors (Lipinski definition) is 1. The molecule has 0 aliphatic rings. The highest BCUT2D eigenvalue weighted by molar-refractivity contribution is 5.33. The van der Waals surface area contributed by atoms with E-state index in [2.05, 4.69) is 25.1 Å². The van der Waals surface area contributed by atoms with Gasteiger partial charge < -0.3 is 5.73 Å². The zero-order valence-electron chi connectivity index (χ0n) is 7.88. The minimum Gasteiger partial charge on any atom is -0.326 e. The van der Waals surface area contributed by atoms with Gasteiger partial charge in [-0.05, 0) is 23.1 Å². The maximum absolute atomic E-state index is 8.58. The van der Waals surface area contributed by atoms with E-state index in [-0.39, 0.29) is 0 Å². The van der Waals surface area contributed by atoms with Gasteiger partial charge in [0, 0.05) is 6.54 Å². The molecule has 0 bridgehead atoms. The van der Waals surface area contributed by atoms with Crippen molar-refractivity contribution in [1.29, 1.82) is 5.26 Å². The maximum Gasteiger partial charge on any atom is 0.0669 e. The van der Waals surface area contributed by atoms with Crippen molar-refractivity contribution in [1.82, 2.24) is 0 Å². The molecule has 0 spiro atoms. The fourth-order valence-electron chi connectivity index (χ4n) is 1.35. The lowest BCUT2D eigenvalue weighted by Gasteiger charge is -2.06. The van der Waals surface area contributed by atoms with Crippen LogP contribution >= 0.6 is 0 Å². The Balaban J connectivity index is 3.02. The van der Waals surface area contributed by atoms with Gasteiger partial charge in [-0.15, -0.1) is 0 Å². The van der Waals surface area contributed by atoms with Gasteiger partial charge in [0.15, 0.2) is 0 Å². The van der Waals surface area contributed by atoms with Crippen LogP contribution in [-0.4, -0.2) is 0 Å². The van der Waals surface area contributed by atoms with Crippen molar-refractivity contribution >= 4 is 0 Å². The average molecular weight is 174 g/mol. The summed E-state index contributed by atoms with van der Waals surface area (Å²) in [5.74, 6) is 0. The molecule has 0 aliphatic carbocycles. The zero-order chi connectivity index (χ0) is 9.68. The normalized spacial score (nSPS) is 9.62. The molecule has 0 radical (unpaired) electrons. The Kier molecular flexibility index (Phi) is 3.48. The highest BCUT2D eigenvalue weighted by Crippen LogP contribution is 2.12. The molecule has 2 N–H and O–H groups in total. The number of nitrogens with zero attached hydrogens (tertiary/aromatic N) is 1. The number of aryl methyl sites for hydroxylation is 1. The van der Waals surface area contributed by atoms with E-state index in [1.165, 1.54) is 5.56 Å². The smallest absolute Gasteiger partial charge is 0.0669 e. The van der Waals surface area contributed by atoms with E-state index in [4.69, 9.17) is 11.0 Å². The monoisotopic (exact) mass is 174 g/mol. The van der Waals surface area contributed by atoms with E-state index >= 15 is 0 Å². The molecule has 0 unspecified atom stereocenters. The van der Waals surface area contributed by atoms with Gasteiger partial charge in [-0.2, -0.15) is 5.26 Å². The van der Waals surface area contributed by atoms with Crippen molar-refractivity contribution in [3.63, 3.8) is 0 Å². The first-order valence-electron chi connectivity index (χ1n) is 4.49. The molecule has 13 heavy (non-hydrogen) atoms. The zero-order valence-corrected chi connectivity index (χ0v) is 7.88. The summed E-state index contributed by atoms with van der Waals surface area (Å²) in [6.07, 6.45) is 1.47. The Bertz CT molecular complexity index is 323. The van der Waals surface area contributed by atoms with Gasteiger partial charge in [-0.25, -0.2) is 0 Å². The summed E-state index contributed by atoms with van der Waals surface area (Å²) in [6.45, 7) is 2.63. The summed E-state index contributed by atoms with van der Waals surface area (Å²) >= 11 is 0. The first kappa shape index (κ1) is 9.76. The topological polar surface area (TPSA) is 49.8 Å². The van der Waals surface area contributed by atoms with Crippen molar-refractivity contribution in [3.05, 3.63) is 34.9 Å². The molecule has 0 amide bonds. The first-order valence-corrected chi connectivity index (χ1v) is 4.49. The summed E-state index contributed by atoms with van der Waals surface area (Å²) in [4.78, 5) is 0. The molecule has 68 valence electrons. The molecular weight excluding hydrogens is 160 g/mol. The largest absolute Gasteiger partial charge is 0.326 e. The quantitative estimate of drug-likeness (QED) is 0.759. The SMILES string of the molecule is CCc1ccc(CC#N)c(CN)c1. The molecule has 0 saturated carbocycles. The van der Waals surface area contributed by atoms with Gasteiger partial charge in [0.05, 0.1) is 12.5 Å². The lowest BCUT2D eigenvalue weighted by molar-refractivity contribution is 1.01. The molecule has 0 aliphatic heterocycles. The third-order valence-corrected chi connectivity index (χ3v) is 2.17. The lowest BCUT2D eigenvalue weighted by Crippen LogP contribution is -2.02. The van der Waals surface area contributed by atoms with E-state index in [0.29, 0.717) is 13.0 Å². The van der Waals surface area contributed by atoms with Gasteiger partial charge in [0.1, 0.15) is 0 Å². The molecule has 1 aromatic carbocycles. The Morgan fingerprint density at radius 1 is 1.38 bits per heavy atom. The van der Waals surface area contributed by atoms with Gasteiger partial charge in [0.2, 0.25) is 0 Å². The van der Waals surface area contributed by atoms with Crippen molar-refractivity contribution in [2.24, 2.45) is 5.73 Å². The predicted octanol–water partition coefficient (Wildman–Crippen LogP) is 1.77. The van der Waals surface area contributed by atoms with Crippen LogP contribution < -0.4 is 5.73 Å². The third-order valence-electron chi connectivity index (χ3n) is 2.17. The van der Waals surface area contributed by atoms with Crippen LogP contribution in [0.2, 0.25) is 0 Å². The minimum absolute atomic E-state index is 0.455. The predicted molar refractivity (Wildman–Crippen MR) is 53.0 cm³/mol. The Hall–Kier alpha value is -1.33. The number of benzene rings is 1. The summed E-state index contributed by atoms with van der Waals surface area (Å²) < 4.78 is 0. The Morgan fingerprint density at radius 3 is 2.69 bits per heavy atom. The van der Waals surface area contributed by atoms with E-state index in [9.17, 15) is 0 Å². The van der Waals surface area contributed by atoms with Crippen LogP contribution in [0, 0.1) is 11.3 Å². The van der Waals surface area contributed by atoms with Crippen LogP contribution in [0.5, 0.6) is 0 Å². The molecule has 0 heterocycles. The van der Waals surface area contributed by atoms with Crippen LogP contribution in [-0.2, 0) is 19.4 Å². The van der Waals surface area contributed by atoms with Crippen molar-refractivity contribution in [2.45, 2.75) is 26.3 Å². The summed E-state index contributed by atoms with van der Waals surface area (Å²) in [5.41, 5.74) is 9.03. The van der Waals surface area contributed by atoms with Crippen LogP contribution in [0.25, 0.3) is 0 Å². The number of hydrogen-bond acceptors (Lipinski definition) is 2. The third kappa shape index (κ3) is 2.30. The fraction of sp³-hybridized carbons (Fsp3) is 0.364. The van der Waals surface area contributed by atoms with Crippen molar-refractivity contribution in [2.75, 3.05) is 0 Å². The van der Waals surface area contributed by atoms with E-state index < -0.39 is 0 Å². The second kappa shape index (κ2) is 4.64. The Morgan fingerprint density at radius 2 is 2.15 bits per heavy atom. The molecule has 2 heteroatoms. The molecule has 1 rings (SSSR count). The average Bonchev–Trinajstić information content (AvgIpc) is 2.19. The Labute approximate surface area is 79.0 Å². The fourth-order valence-corrected chi connectivity index (χ4v) is 1.35. The molecular formula is C11H14N2. The van der Waals surface area contributed by atoms with Gasteiger partial charge >= 0.3 is 0 Å². The molecule has 1 aromatic rings. The van der Waals surface area contributed by atoms with Crippen molar-refractivity contribution < 1.29 is 0 Å². The van der Waals surface area contributed by atoms with E-state index in [1.807, 2.05) is 6.07 Å². The maximum atomic E-state index is 8.58. The van der Waals surface area contributed by atoms with E-state index in [0.717, 1.165) is 17.5 Å². The van der Waals surface area contributed by atoms with E-state index in [1.54, 1.807) is 0 Å². The standard InChI is InChI=1S/C11H14N2/c1-2-9-3-4-10(5-6-12)11(7-9)8-13/h3-4,7H,2,5,8,13H2,1H3. The number of rotatable bonds is 3.